The first-order valence-corrected chi connectivity index (χ1v) is 3.07. The van der Waals surface area contributed by atoms with Crippen molar-refractivity contribution in [1.29, 1.82) is 0 Å². The van der Waals surface area contributed by atoms with Crippen LogP contribution in [-0.4, -0.2) is 13.3 Å². The van der Waals surface area contributed by atoms with Crippen LogP contribution in [-0.2, 0) is 4.79 Å². The third-order valence-electron chi connectivity index (χ3n) is 1.05. The number of carbonyl (C=O) groups excluding carboxylic acids is 1. The molecule has 0 aromatic heterocycles. The second-order valence-corrected chi connectivity index (χ2v) is 1.98. The van der Waals surface area contributed by atoms with Gasteiger partial charge in [0, 0.05) is 13.5 Å². The molecule has 0 amide bonds. The minimum absolute atomic E-state index is 0.629. The largest absolute Gasteiger partial charge is 0.394 e. The Kier molecular flexibility index (Phi) is 4.88. The molecule has 0 unspecified atom stereocenters. The van der Waals surface area contributed by atoms with Crippen molar-refractivity contribution in [3.63, 3.8) is 0 Å². The van der Waals surface area contributed by atoms with Crippen LogP contribution in [0.2, 0.25) is 0 Å². The maximum absolute atomic E-state index is 9.87. The van der Waals surface area contributed by atoms with Gasteiger partial charge in [-0.3, -0.25) is 0 Å². The summed E-state index contributed by atoms with van der Waals surface area (Å²) in [4.78, 5) is 9.87. The number of allylic oxidation sites excluding steroid dienone is 1. The van der Waals surface area contributed by atoms with Crippen LogP contribution in [0.25, 0.3) is 0 Å². The average molecular weight is 127 g/mol. The third-order valence-corrected chi connectivity index (χ3v) is 1.05. The zero-order chi connectivity index (χ0) is 7.11. The highest BCUT2D eigenvalue weighted by Gasteiger charge is 1.85. The van der Waals surface area contributed by atoms with Gasteiger partial charge in [0.25, 0.3) is 0 Å². The monoisotopic (exact) mass is 127 g/mol. The van der Waals surface area contributed by atoms with E-state index in [0.717, 1.165) is 12.7 Å². The SMILES string of the molecule is CN/C=C(/C)CCC=O. The van der Waals surface area contributed by atoms with E-state index in [1.54, 1.807) is 0 Å². The lowest BCUT2D eigenvalue weighted by molar-refractivity contribution is -0.107. The molecule has 0 bridgehead atoms. The van der Waals surface area contributed by atoms with Crippen LogP contribution in [0.1, 0.15) is 19.8 Å². The predicted molar refractivity (Wildman–Crippen MR) is 38.1 cm³/mol. The summed E-state index contributed by atoms with van der Waals surface area (Å²) in [7, 11) is 1.85. The van der Waals surface area contributed by atoms with E-state index in [1.807, 2.05) is 20.2 Å². The molecule has 0 radical (unpaired) electrons. The highest BCUT2D eigenvalue weighted by atomic mass is 16.1. The molecular formula is C7H13NO. The lowest BCUT2D eigenvalue weighted by atomic mass is 10.2. The molecule has 0 aromatic rings. The van der Waals surface area contributed by atoms with Gasteiger partial charge >= 0.3 is 0 Å². The Morgan fingerprint density at radius 2 is 2.33 bits per heavy atom. The molecule has 52 valence electrons. The molecule has 0 aliphatic rings. The second kappa shape index (κ2) is 5.35. The van der Waals surface area contributed by atoms with Crippen molar-refractivity contribution in [2.24, 2.45) is 0 Å². The normalized spacial score (nSPS) is 11.1. The zero-order valence-electron chi connectivity index (χ0n) is 5.98. The van der Waals surface area contributed by atoms with E-state index in [-0.39, 0.29) is 0 Å². The van der Waals surface area contributed by atoms with Crippen LogP contribution in [0, 0.1) is 0 Å². The van der Waals surface area contributed by atoms with E-state index >= 15 is 0 Å². The van der Waals surface area contributed by atoms with E-state index in [4.69, 9.17) is 0 Å². The van der Waals surface area contributed by atoms with Gasteiger partial charge in [0.2, 0.25) is 0 Å². The van der Waals surface area contributed by atoms with Crippen LogP contribution in [0.5, 0.6) is 0 Å². The Bertz CT molecular complexity index is 107. The zero-order valence-corrected chi connectivity index (χ0v) is 5.98. The summed E-state index contributed by atoms with van der Waals surface area (Å²) in [6, 6.07) is 0. The number of hydrogen-bond donors (Lipinski definition) is 1. The van der Waals surface area contributed by atoms with E-state index in [1.165, 1.54) is 5.57 Å². The summed E-state index contributed by atoms with van der Waals surface area (Å²) in [5, 5.41) is 2.90. The minimum atomic E-state index is 0.629. The fourth-order valence-corrected chi connectivity index (χ4v) is 0.605. The van der Waals surface area contributed by atoms with Crippen LogP contribution in [0.15, 0.2) is 11.8 Å². The Hall–Kier alpha value is -0.790. The Morgan fingerprint density at radius 1 is 1.67 bits per heavy atom. The number of aldehydes is 1. The fourth-order valence-electron chi connectivity index (χ4n) is 0.605. The van der Waals surface area contributed by atoms with Crippen LogP contribution in [0.4, 0.5) is 0 Å². The Balaban J connectivity index is 3.36. The molecule has 0 aromatic carbocycles. The average Bonchev–Trinajstić information content (AvgIpc) is 1.85. The summed E-state index contributed by atoms with van der Waals surface area (Å²) in [6.07, 6.45) is 4.34. The first-order chi connectivity index (χ1) is 4.31. The fraction of sp³-hybridized carbons (Fsp3) is 0.571. The first kappa shape index (κ1) is 8.21. The molecule has 0 rings (SSSR count). The first-order valence-electron chi connectivity index (χ1n) is 3.07. The van der Waals surface area contributed by atoms with Gasteiger partial charge in [0.05, 0.1) is 0 Å². The third kappa shape index (κ3) is 5.07. The van der Waals surface area contributed by atoms with Crippen molar-refractivity contribution in [3.05, 3.63) is 11.8 Å². The van der Waals surface area contributed by atoms with Gasteiger partial charge in [-0.05, 0) is 19.5 Å². The molecule has 2 heteroatoms. The topological polar surface area (TPSA) is 29.1 Å². The molecular weight excluding hydrogens is 114 g/mol. The van der Waals surface area contributed by atoms with E-state index in [9.17, 15) is 4.79 Å². The standard InChI is InChI=1S/C7H13NO/c1-7(6-8-2)4-3-5-9/h5-6,8H,3-4H2,1-2H3/b7-6-. The summed E-state index contributed by atoms with van der Waals surface area (Å²) >= 11 is 0. The van der Waals surface area contributed by atoms with Gasteiger partial charge in [0.1, 0.15) is 6.29 Å². The maximum Gasteiger partial charge on any atom is 0.120 e. The summed E-state index contributed by atoms with van der Waals surface area (Å²) < 4.78 is 0. The molecule has 0 saturated carbocycles. The molecule has 0 heterocycles. The number of nitrogens with one attached hydrogen (secondary N) is 1. The molecule has 0 aliphatic carbocycles. The van der Waals surface area contributed by atoms with Gasteiger partial charge in [0.15, 0.2) is 0 Å². The number of hydrogen-bond acceptors (Lipinski definition) is 2. The molecule has 0 aliphatic heterocycles. The van der Waals surface area contributed by atoms with Crippen LogP contribution < -0.4 is 5.32 Å². The number of rotatable bonds is 4. The summed E-state index contributed by atoms with van der Waals surface area (Å²) in [6.45, 7) is 2.00. The van der Waals surface area contributed by atoms with Gasteiger partial charge in [-0.15, -0.1) is 0 Å². The predicted octanol–water partition coefficient (Wildman–Crippen LogP) is 1.09. The van der Waals surface area contributed by atoms with Crippen molar-refractivity contribution >= 4 is 6.29 Å². The second-order valence-electron chi connectivity index (χ2n) is 1.98. The smallest absolute Gasteiger partial charge is 0.120 e. The Labute approximate surface area is 56.0 Å². The number of carbonyl (C=O) groups is 1. The lowest BCUT2D eigenvalue weighted by Gasteiger charge is -1.94. The summed E-state index contributed by atoms with van der Waals surface area (Å²) in [5.74, 6) is 0. The van der Waals surface area contributed by atoms with Crippen LogP contribution in [0.3, 0.4) is 0 Å². The molecule has 2 nitrogen and oxygen atoms in total. The van der Waals surface area contributed by atoms with Gasteiger partial charge in [-0.2, -0.15) is 0 Å². The molecule has 0 saturated heterocycles. The lowest BCUT2D eigenvalue weighted by Crippen LogP contribution is -1.94. The molecule has 0 fully saturated rings. The quantitative estimate of drug-likeness (QED) is 0.573. The molecule has 0 spiro atoms. The van der Waals surface area contributed by atoms with Crippen LogP contribution >= 0.6 is 0 Å². The maximum atomic E-state index is 9.87. The van der Waals surface area contributed by atoms with Gasteiger partial charge in [-0.1, -0.05) is 5.57 Å². The highest BCUT2D eigenvalue weighted by Crippen LogP contribution is 1.98. The van der Waals surface area contributed by atoms with Crippen molar-refractivity contribution < 1.29 is 4.79 Å². The Morgan fingerprint density at radius 3 is 2.78 bits per heavy atom. The van der Waals surface area contributed by atoms with E-state index in [2.05, 4.69) is 5.32 Å². The van der Waals surface area contributed by atoms with Gasteiger partial charge < -0.3 is 10.1 Å². The van der Waals surface area contributed by atoms with Crippen molar-refractivity contribution in [2.75, 3.05) is 7.05 Å². The van der Waals surface area contributed by atoms with Crippen molar-refractivity contribution in [1.82, 2.24) is 5.32 Å². The van der Waals surface area contributed by atoms with Crippen molar-refractivity contribution in [3.8, 4) is 0 Å². The molecule has 1 N–H and O–H groups in total. The van der Waals surface area contributed by atoms with E-state index in [0.29, 0.717) is 6.42 Å². The molecule has 9 heavy (non-hydrogen) atoms. The minimum Gasteiger partial charge on any atom is -0.394 e. The van der Waals surface area contributed by atoms with Crippen molar-refractivity contribution in [2.45, 2.75) is 19.8 Å². The molecule has 0 atom stereocenters. The van der Waals surface area contributed by atoms with E-state index < -0.39 is 0 Å². The summed E-state index contributed by atoms with van der Waals surface area (Å²) in [5.41, 5.74) is 1.21. The highest BCUT2D eigenvalue weighted by molar-refractivity contribution is 5.49. The van der Waals surface area contributed by atoms with Gasteiger partial charge in [-0.25, -0.2) is 0 Å².